The number of unbranched alkanes of at least 4 members (excludes halogenated alkanes) is 4. The zero-order valence-corrected chi connectivity index (χ0v) is 21.8. The van der Waals surface area contributed by atoms with Gasteiger partial charge in [0.1, 0.15) is 17.7 Å². The molecule has 0 amide bonds. The number of rotatable bonds is 11. The van der Waals surface area contributed by atoms with E-state index in [4.69, 9.17) is 6.57 Å². The van der Waals surface area contributed by atoms with Gasteiger partial charge in [0.2, 0.25) is 12.9 Å². The smallest absolute Gasteiger partial charge is 0.266 e. The largest absolute Gasteiger partial charge is 0.387 e. The minimum Gasteiger partial charge on any atom is -0.387 e. The number of halogens is 4. The van der Waals surface area contributed by atoms with Crippen molar-refractivity contribution in [2.24, 2.45) is 11.8 Å². The fourth-order valence-corrected chi connectivity index (χ4v) is 5.07. The van der Waals surface area contributed by atoms with Crippen molar-refractivity contribution in [2.75, 3.05) is 6.54 Å². The van der Waals surface area contributed by atoms with Crippen LogP contribution in [0.2, 0.25) is 0 Å². The van der Waals surface area contributed by atoms with Crippen LogP contribution >= 0.6 is 0 Å². The first-order chi connectivity index (χ1) is 19.3. The second-order valence-electron chi connectivity index (χ2n) is 9.63. The highest BCUT2D eigenvalue weighted by Gasteiger charge is 2.33. The first-order valence-electron chi connectivity index (χ1n) is 12.9. The topological polar surface area (TPSA) is 135 Å². The number of allylic oxidation sites excluding steroid dienone is 8. The van der Waals surface area contributed by atoms with Crippen molar-refractivity contribution < 1.29 is 17.6 Å². The summed E-state index contributed by atoms with van der Waals surface area (Å²) in [6.45, 7) is 7.54. The third-order valence-electron chi connectivity index (χ3n) is 7.13. The molecule has 0 saturated carbocycles. The van der Waals surface area contributed by atoms with E-state index in [0.29, 0.717) is 37.1 Å². The van der Waals surface area contributed by atoms with E-state index in [0.717, 1.165) is 19.3 Å². The highest BCUT2D eigenvalue weighted by molar-refractivity contribution is 5.57. The number of nitrogens with one attached hydrogen (secondary N) is 1. The summed E-state index contributed by atoms with van der Waals surface area (Å²) in [4.78, 5) is 3.09. The van der Waals surface area contributed by atoms with Crippen molar-refractivity contribution in [1.29, 1.82) is 26.3 Å². The molecule has 0 bridgehead atoms. The predicted molar refractivity (Wildman–Crippen MR) is 136 cm³/mol. The van der Waals surface area contributed by atoms with Gasteiger partial charge >= 0.3 is 0 Å². The molecule has 2 unspecified atom stereocenters. The minimum atomic E-state index is -2.66. The Morgan fingerprint density at radius 3 is 1.90 bits per heavy atom. The molecule has 7 nitrogen and oxygen atoms in total. The first-order valence-corrected chi connectivity index (χ1v) is 12.9. The molecule has 2 aliphatic carbocycles. The van der Waals surface area contributed by atoms with Crippen LogP contribution in [-0.4, -0.2) is 19.4 Å². The summed E-state index contributed by atoms with van der Waals surface area (Å²) in [5.41, 5.74) is 0.589. The average Bonchev–Trinajstić information content (AvgIpc) is 2.95. The number of nitrogens with zero attached hydrogens (tertiary/aromatic N) is 6. The Balaban J connectivity index is 1.95. The molecule has 0 aromatic rings. The molecule has 2 aliphatic rings. The Bertz CT molecular complexity index is 1210. The van der Waals surface area contributed by atoms with E-state index in [9.17, 15) is 43.9 Å². The standard InChI is InChI=1S/C29H27F4N7/c1-39-27(17-38)23-11-20(29(32)33)12-26(25(23)16-37)40-8-6-4-2-3-5-7-18-9-19(28(30)31)10-22(24(18)15-36)21(13-34)14-35/h19-20,28-29,40H,2-12H2/b27-23+. The molecule has 0 radical (unpaired) electrons. The minimum absolute atomic E-state index is 0.0471. The molecule has 2 rings (SSSR count). The monoisotopic (exact) mass is 549 g/mol. The van der Waals surface area contributed by atoms with Gasteiger partial charge in [-0.05, 0) is 56.1 Å². The predicted octanol–water partition coefficient (Wildman–Crippen LogP) is 6.91. The van der Waals surface area contributed by atoms with Gasteiger partial charge in [-0.15, -0.1) is 0 Å². The Kier molecular flexibility index (Phi) is 12.4. The molecule has 0 fully saturated rings. The molecule has 0 heterocycles. The maximum atomic E-state index is 13.5. The van der Waals surface area contributed by atoms with Crippen LogP contribution in [-0.2, 0) is 0 Å². The van der Waals surface area contributed by atoms with Crippen molar-refractivity contribution in [3.05, 3.63) is 56.2 Å². The van der Waals surface area contributed by atoms with Crippen molar-refractivity contribution in [1.82, 2.24) is 5.32 Å². The number of alkyl halides is 4. The van der Waals surface area contributed by atoms with E-state index in [1.54, 1.807) is 18.2 Å². The lowest BCUT2D eigenvalue weighted by Gasteiger charge is -2.27. The SMILES string of the molecule is [C-]#[N+]/C(C#N)=C1\CC(C(F)F)CC(NCCCCCCCC2=C(C#N)C(=C(C#N)C#N)CC(C(F)F)C2)=C1C#N. The van der Waals surface area contributed by atoms with Crippen molar-refractivity contribution in [3.63, 3.8) is 0 Å². The third-order valence-corrected chi connectivity index (χ3v) is 7.13. The van der Waals surface area contributed by atoms with Crippen LogP contribution < -0.4 is 5.32 Å². The van der Waals surface area contributed by atoms with E-state index in [-0.39, 0.29) is 59.2 Å². The second kappa shape index (κ2) is 15.7. The molecular weight excluding hydrogens is 522 g/mol. The molecule has 2 atom stereocenters. The maximum Gasteiger partial charge on any atom is 0.266 e. The van der Waals surface area contributed by atoms with Gasteiger partial charge in [0.25, 0.3) is 5.70 Å². The Labute approximate surface area is 231 Å². The van der Waals surface area contributed by atoms with Gasteiger partial charge in [-0.2, -0.15) is 21.0 Å². The zero-order chi connectivity index (χ0) is 29.7. The molecule has 206 valence electrons. The number of hydrogen-bond donors (Lipinski definition) is 1. The van der Waals surface area contributed by atoms with Crippen LogP contribution in [0, 0.1) is 75.1 Å². The lowest BCUT2D eigenvalue weighted by Crippen LogP contribution is -2.27. The van der Waals surface area contributed by atoms with Crippen molar-refractivity contribution >= 4 is 0 Å². The van der Waals surface area contributed by atoms with Gasteiger partial charge in [0.05, 0.1) is 35.9 Å². The maximum absolute atomic E-state index is 13.5. The van der Waals surface area contributed by atoms with Crippen LogP contribution in [0.1, 0.15) is 64.2 Å². The van der Waals surface area contributed by atoms with Gasteiger partial charge < -0.3 is 5.32 Å². The summed E-state index contributed by atoms with van der Waals surface area (Å²) >= 11 is 0. The summed E-state index contributed by atoms with van der Waals surface area (Å²) in [6, 6.07) is 9.07. The van der Waals surface area contributed by atoms with E-state index >= 15 is 0 Å². The molecular formula is C29H27F4N7. The van der Waals surface area contributed by atoms with E-state index in [1.165, 1.54) is 0 Å². The number of nitriles is 5. The van der Waals surface area contributed by atoms with Crippen LogP contribution in [0.5, 0.6) is 0 Å². The van der Waals surface area contributed by atoms with Crippen molar-refractivity contribution in [3.8, 4) is 30.3 Å². The Morgan fingerprint density at radius 2 is 1.35 bits per heavy atom. The van der Waals surface area contributed by atoms with Gasteiger partial charge in [-0.25, -0.2) is 27.7 Å². The van der Waals surface area contributed by atoms with E-state index in [1.807, 2.05) is 12.1 Å². The first kappa shape index (κ1) is 31.6. The third kappa shape index (κ3) is 7.96. The van der Waals surface area contributed by atoms with Gasteiger partial charge in [0.15, 0.2) is 0 Å². The van der Waals surface area contributed by atoms with Gasteiger partial charge in [0, 0.05) is 24.1 Å². The molecule has 11 heteroatoms. The average molecular weight is 550 g/mol. The molecule has 0 aromatic carbocycles. The van der Waals surface area contributed by atoms with Crippen LogP contribution in [0.4, 0.5) is 17.6 Å². The van der Waals surface area contributed by atoms with Gasteiger partial charge in [-0.3, -0.25) is 0 Å². The molecule has 0 spiro atoms. The van der Waals surface area contributed by atoms with E-state index in [2.05, 4.69) is 10.2 Å². The fourth-order valence-electron chi connectivity index (χ4n) is 5.07. The molecule has 40 heavy (non-hydrogen) atoms. The molecule has 0 saturated heterocycles. The summed E-state index contributed by atoms with van der Waals surface area (Å²) in [5.74, 6) is -2.14. The highest BCUT2D eigenvalue weighted by atomic mass is 19.3. The summed E-state index contributed by atoms with van der Waals surface area (Å²) in [5, 5.41) is 49.8. The fraction of sp³-hybridized carbons (Fsp3) is 0.517. The van der Waals surface area contributed by atoms with Crippen molar-refractivity contribution in [2.45, 2.75) is 77.1 Å². The Morgan fingerprint density at radius 1 is 0.775 bits per heavy atom. The normalized spacial score (nSPS) is 20.1. The Hall–Kier alpha value is -4.58. The van der Waals surface area contributed by atoms with Crippen LogP contribution in [0.25, 0.3) is 4.85 Å². The van der Waals surface area contributed by atoms with Gasteiger partial charge in [-0.1, -0.05) is 24.8 Å². The lowest BCUT2D eigenvalue weighted by atomic mass is 9.77. The highest BCUT2D eigenvalue weighted by Crippen LogP contribution is 2.40. The quantitative estimate of drug-likeness (QED) is 0.129. The van der Waals surface area contributed by atoms with Crippen LogP contribution in [0.3, 0.4) is 0 Å². The summed E-state index contributed by atoms with van der Waals surface area (Å²) in [6.07, 6.45) is -1.69. The number of hydrogen-bond acceptors (Lipinski definition) is 6. The van der Waals surface area contributed by atoms with E-state index < -0.39 is 24.7 Å². The second-order valence-corrected chi connectivity index (χ2v) is 9.63. The molecule has 1 N–H and O–H groups in total. The lowest BCUT2D eigenvalue weighted by molar-refractivity contribution is 0.0743. The summed E-state index contributed by atoms with van der Waals surface area (Å²) in [7, 11) is 0. The molecule has 0 aliphatic heterocycles. The summed E-state index contributed by atoms with van der Waals surface area (Å²) < 4.78 is 53.9. The molecule has 0 aromatic heterocycles. The van der Waals surface area contributed by atoms with Crippen LogP contribution in [0.15, 0.2) is 44.8 Å². The zero-order valence-electron chi connectivity index (χ0n) is 21.8.